The molecule has 3 aromatic rings. The van der Waals surface area contributed by atoms with E-state index >= 15 is 4.39 Å². The lowest BCUT2D eigenvalue weighted by Crippen LogP contribution is -2.50. The van der Waals surface area contributed by atoms with Crippen LogP contribution < -0.4 is 10.7 Å². The van der Waals surface area contributed by atoms with Crippen LogP contribution in [-0.2, 0) is 48.4 Å². The van der Waals surface area contributed by atoms with Crippen molar-refractivity contribution < 1.29 is 55.4 Å². The summed E-state index contributed by atoms with van der Waals surface area (Å²) in [6, 6.07) is 9.39. The first-order valence-electron chi connectivity index (χ1n) is 20.2. The molecule has 2 saturated heterocycles. The van der Waals surface area contributed by atoms with E-state index in [0.29, 0.717) is 5.56 Å². The number of rotatable bonds is 17. The zero-order valence-electron chi connectivity index (χ0n) is 35.5. The van der Waals surface area contributed by atoms with Crippen LogP contribution in [0.15, 0.2) is 53.2 Å². The van der Waals surface area contributed by atoms with Crippen molar-refractivity contribution in [3.63, 3.8) is 0 Å². The van der Waals surface area contributed by atoms with Crippen LogP contribution in [0, 0.1) is 23.2 Å². The van der Waals surface area contributed by atoms with Crippen molar-refractivity contribution in [3.05, 3.63) is 48.5 Å². The zero-order valence-corrected chi connectivity index (χ0v) is 40.0. The molecule has 64 heavy (non-hydrogen) atoms. The second kappa shape index (κ2) is 19.3. The maximum atomic E-state index is 17.1. The van der Waals surface area contributed by atoms with Crippen LogP contribution in [0.5, 0.6) is 0 Å². The molecule has 0 spiro atoms. The number of hydrogen-bond acceptors (Lipinski definition) is 17. The molecule has 4 aliphatic heterocycles. The van der Waals surface area contributed by atoms with Gasteiger partial charge in [0.15, 0.2) is 37.7 Å². The van der Waals surface area contributed by atoms with Gasteiger partial charge in [-0.25, -0.2) is 39.1 Å². The average Bonchev–Trinajstić information content (AvgIpc) is 4.01. The van der Waals surface area contributed by atoms with Crippen molar-refractivity contribution in [2.45, 2.75) is 101 Å². The minimum Gasteiger partial charge on any atom is -0.411 e. The van der Waals surface area contributed by atoms with Gasteiger partial charge < -0.3 is 33.2 Å². The number of carbonyl (C=O) groups is 2. The average molecular weight is 983 g/mol. The topological polar surface area (TPSA) is 255 Å². The molecular weight excluding hydrogens is 934 g/mol. The predicted octanol–water partition coefficient (Wildman–Crippen LogP) is 5.71. The van der Waals surface area contributed by atoms with Crippen LogP contribution in [0.25, 0.3) is 11.2 Å². The Hall–Kier alpha value is -3.60. The normalized spacial score (nSPS) is 29.9. The highest BCUT2D eigenvalue weighted by molar-refractivity contribution is 8.44. The van der Waals surface area contributed by atoms with Crippen molar-refractivity contribution in [1.29, 1.82) is 5.26 Å². The third kappa shape index (κ3) is 10.5. The van der Waals surface area contributed by atoms with E-state index in [0.717, 1.165) is 6.33 Å². The second-order valence-electron chi connectivity index (χ2n) is 16.9. The molecule has 21 nitrogen and oxygen atoms in total. The maximum Gasteiger partial charge on any atom is 0.383 e. The molecule has 7 rings (SSSR count). The number of nitrogens with zero attached hydrogens (tertiary/aromatic N) is 8. The Kier molecular flexibility index (Phi) is 14.6. The van der Waals surface area contributed by atoms with Crippen LogP contribution in [-0.4, -0.2) is 125 Å². The molecule has 0 radical (unpaired) electrons. The summed E-state index contributed by atoms with van der Waals surface area (Å²) in [5, 5.41) is 21.5. The number of thiol groups is 1. The maximum absolute atomic E-state index is 17.1. The molecule has 3 N–H and O–H groups in total. The Bertz CT molecular complexity index is 2410. The van der Waals surface area contributed by atoms with Gasteiger partial charge in [-0.05, 0) is 42.1 Å². The summed E-state index contributed by atoms with van der Waals surface area (Å²) < 4.78 is 74.1. The fourth-order valence-corrected chi connectivity index (χ4v) is 11.4. The second-order valence-corrected chi connectivity index (χ2v) is 27.4. The van der Waals surface area contributed by atoms with Crippen LogP contribution >= 0.6 is 25.8 Å². The number of amides is 3. The summed E-state index contributed by atoms with van der Waals surface area (Å²) in [7, 11) is -2.47. The molecule has 6 heterocycles. The fourth-order valence-electron chi connectivity index (χ4n) is 7.39. The van der Waals surface area contributed by atoms with E-state index in [1.807, 2.05) is 13.0 Å². The quantitative estimate of drug-likeness (QED) is 0.0547. The van der Waals surface area contributed by atoms with Gasteiger partial charge >= 0.3 is 19.5 Å². The van der Waals surface area contributed by atoms with Gasteiger partial charge in [0.2, 0.25) is 0 Å². The van der Waals surface area contributed by atoms with E-state index in [1.165, 1.54) is 15.9 Å². The summed E-state index contributed by atoms with van der Waals surface area (Å²) in [4.78, 5) is 48.2. The van der Waals surface area contributed by atoms with Gasteiger partial charge in [0.05, 0.1) is 63.0 Å². The molecular formula is C37H49FN10O11P2S2Si. The molecule has 5 unspecified atom stereocenters. The van der Waals surface area contributed by atoms with E-state index in [1.54, 1.807) is 42.8 Å². The first-order chi connectivity index (χ1) is 30.2. The summed E-state index contributed by atoms with van der Waals surface area (Å²) in [6.07, 6.45) is -3.10. The van der Waals surface area contributed by atoms with Gasteiger partial charge in [0, 0.05) is 17.7 Å². The minimum absolute atomic E-state index is 0.0428. The molecule has 4 aliphatic rings. The van der Waals surface area contributed by atoms with Gasteiger partial charge in [0.1, 0.15) is 30.7 Å². The van der Waals surface area contributed by atoms with Crippen molar-refractivity contribution >= 4 is 87.2 Å². The summed E-state index contributed by atoms with van der Waals surface area (Å²) in [5.74, 6) is -1.10. The number of urea groups is 1. The number of nitriles is 1. The number of anilines is 1. The molecule has 346 valence electrons. The minimum atomic E-state index is -4.43. The smallest absolute Gasteiger partial charge is 0.383 e. The third-order valence-electron chi connectivity index (χ3n) is 11.7. The monoisotopic (exact) mass is 982 g/mol. The number of fused-ring (bicyclic) bond motifs is 2. The van der Waals surface area contributed by atoms with Crippen molar-refractivity contribution in [3.8, 4) is 6.07 Å². The number of nitrogens with one attached hydrogen (secondary N) is 2. The Morgan fingerprint density at radius 1 is 1.11 bits per heavy atom. The highest BCUT2D eigenvalue weighted by Gasteiger charge is 2.55. The van der Waals surface area contributed by atoms with Crippen LogP contribution in [0.2, 0.25) is 18.1 Å². The van der Waals surface area contributed by atoms with Crippen LogP contribution in [0.1, 0.15) is 50.7 Å². The number of hydrogen-bond donors (Lipinski definition) is 4. The van der Waals surface area contributed by atoms with Gasteiger partial charge in [-0.3, -0.25) is 18.4 Å². The number of carbonyl (C=O) groups excluding carboxylic acids is 2. The Labute approximate surface area is 379 Å². The lowest BCUT2D eigenvalue weighted by atomic mass is 9.86. The number of aromatic nitrogens is 4. The third-order valence-corrected chi connectivity index (χ3v) is 19.3. The lowest BCUT2D eigenvalue weighted by molar-refractivity contribution is -0.0459. The number of halogens is 1. The summed E-state index contributed by atoms with van der Waals surface area (Å²) >= 11 is 9.53. The van der Waals surface area contributed by atoms with Gasteiger partial charge in [0.25, 0.3) is 5.91 Å². The van der Waals surface area contributed by atoms with E-state index < -0.39 is 95.3 Å². The van der Waals surface area contributed by atoms with Gasteiger partial charge in [-0.15, -0.1) is 0 Å². The predicted molar refractivity (Wildman–Crippen MR) is 239 cm³/mol. The molecule has 3 amide bonds. The van der Waals surface area contributed by atoms with Crippen molar-refractivity contribution in [2.75, 3.05) is 25.1 Å². The first-order valence-corrected chi connectivity index (χ1v) is 28.4. The SMILES string of the molecule is C[C@@H]1C(O[Si](C)(C)C(C)(C)C)[C@@H](COP(=S)(OCCC#N)O[C@H]2[C@@H](F)[C@H](n3cnc4c(NC(=O)c5ccccc5)ncnc43)O[C@@H]2COP(=O)(O)S)O[C@H]1C1C=NN2C(=O)NN=CC12. The number of benzene rings is 1. The number of ether oxygens (including phenoxy) is 2. The van der Waals surface area contributed by atoms with Crippen LogP contribution in [0.4, 0.5) is 15.0 Å². The molecule has 2 aromatic heterocycles. The zero-order chi connectivity index (χ0) is 46.2. The molecule has 2 fully saturated rings. The highest BCUT2D eigenvalue weighted by atomic mass is 32.7. The Balaban J connectivity index is 1.15. The summed E-state index contributed by atoms with van der Waals surface area (Å²) in [5.41, 5.74) is 2.93. The van der Waals surface area contributed by atoms with E-state index in [4.69, 9.17) is 43.8 Å². The standard InChI is InChI=1S/C37H49FN10O11P2S2Si/c1-21-29(23-15-44-48-24(23)16-43-46-36(48)50)56-25(30(21)59-64(5,6)37(2,3)4)18-55-61(63,53-14-10-13-39)58-31-26(17-54-60(51,52)62)57-35(27(31)38)47-20-42-28-32(40-19-41-33(28)47)45-34(49)22-11-8-7-9-12-22/h7-9,11-12,15-16,19-21,23-27,29-31,35H,10,14,17-18H2,1-6H3,(H,46,50)(H2,51,52,62)(H,40,41,45,49)/t21-,23?,24?,25+,26+,27+,29+,30?,31+,35+,61?/m0/s1. The Morgan fingerprint density at radius 3 is 2.53 bits per heavy atom. The van der Waals surface area contributed by atoms with E-state index in [2.05, 4.69) is 82.0 Å². The molecule has 1 aromatic carbocycles. The Morgan fingerprint density at radius 2 is 1.83 bits per heavy atom. The van der Waals surface area contributed by atoms with Crippen molar-refractivity contribution in [1.82, 2.24) is 30.0 Å². The first kappa shape index (κ1) is 48.3. The van der Waals surface area contributed by atoms with Gasteiger partial charge in [-0.1, -0.05) is 58.1 Å². The fraction of sp³-hybridized carbons (Fsp3) is 0.568. The molecule has 27 heteroatoms. The number of imidazole rings is 1. The molecule has 0 aliphatic carbocycles. The van der Waals surface area contributed by atoms with Gasteiger partial charge in [-0.2, -0.15) is 15.5 Å². The summed E-state index contributed by atoms with van der Waals surface area (Å²) in [6.45, 7) is 2.79. The lowest BCUT2D eigenvalue weighted by Gasteiger charge is -2.40. The van der Waals surface area contributed by atoms with Crippen LogP contribution in [0.3, 0.4) is 0 Å². The highest BCUT2D eigenvalue weighted by Crippen LogP contribution is 2.56. The van der Waals surface area contributed by atoms with E-state index in [9.17, 15) is 24.3 Å². The number of alkyl halides is 1. The molecule has 12 atom stereocenters. The number of hydrazone groups is 2. The van der Waals surface area contributed by atoms with E-state index in [-0.39, 0.29) is 47.6 Å². The van der Waals surface area contributed by atoms with Crippen molar-refractivity contribution in [2.24, 2.45) is 22.0 Å². The largest absolute Gasteiger partial charge is 0.411 e. The molecule has 0 saturated carbocycles. The molecule has 0 bridgehead atoms.